The van der Waals surface area contributed by atoms with E-state index < -0.39 is 6.10 Å². The van der Waals surface area contributed by atoms with Gasteiger partial charge < -0.3 is 5.11 Å². The molecule has 14 heavy (non-hydrogen) atoms. The molecule has 0 amide bonds. The van der Waals surface area contributed by atoms with Gasteiger partial charge in [0.1, 0.15) is 5.82 Å². The van der Waals surface area contributed by atoms with Gasteiger partial charge >= 0.3 is 0 Å². The van der Waals surface area contributed by atoms with Crippen LogP contribution in [0.15, 0.2) is 29.3 Å². The molecule has 0 saturated heterocycles. The molecule has 0 aromatic heterocycles. The number of aliphatic imine (C=N–C) groups is 1. The molecule has 0 radical (unpaired) electrons. The quantitative estimate of drug-likeness (QED) is 0.735. The van der Waals surface area contributed by atoms with E-state index in [9.17, 15) is 9.50 Å². The first-order valence-corrected chi connectivity index (χ1v) is 4.63. The third-order valence-electron chi connectivity index (χ3n) is 1.86. The Kier molecular flexibility index (Phi) is 3.77. The second kappa shape index (κ2) is 4.86. The predicted molar refractivity (Wildman–Crippen MR) is 55.2 cm³/mol. The van der Waals surface area contributed by atoms with Crippen LogP contribution in [0.2, 0.25) is 0 Å². The number of nitrogens with zero attached hydrogens (tertiary/aromatic N) is 1. The van der Waals surface area contributed by atoms with E-state index in [2.05, 4.69) is 4.99 Å². The minimum atomic E-state index is -0.625. The number of hydrogen-bond acceptors (Lipinski definition) is 2. The largest absolute Gasteiger partial charge is 0.387 e. The van der Waals surface area contributed by atoms with Crippen LogP contribution >= 0.6 is 0 Å². The van der Waals surface area contributed by atoms with Crippen molar-refractivity contribution in [2.24, 2.45) is 4.99 Å². The summed E-state index contributed by atoms with van der Waals surface area (Å²) in [5, 5.41) is 9.44. The van der Waals surface area contributed by atoms with E-state index in [-0.39, 0.29) is 5.82 Å². The molecule has 0 bridgehead atoms. The summed E-state index contributed by atoms with van der Waals surface area (Å²) in [4.78, 5) is 4.17. The van der Waals surface area contributed by atoms with Crippen molar-refractivity contribution in [2.75, 3.05) is 6.54 Å². The molecule has 1 aromatic carbocycles. The minimum absolute atomic E-state index is 0.282. The molecule has 1 rings (SSSR count). The van der Waals surface area contributed by atoms with Crippen LogP contribution in [0.4, 0.5) is 4.39 Å². The Labute approximate surface area is 83.1 Å². The monoisotopic (exact) mass is 195 g/mol. The molecule has 0 spiro atoms. The lowest BCUT2D eigenvalue weighted by Gasteiger charge is -2.09. The van der Waals surface area contributed by atoms with Gasteiger partial charge in [-0.05, 0) is 31.5 Å². The molecule has 3 heteroatoms. The van der Waals surface area contributed by atoms with Crippen molar-refractivity contribution in [1.82, 2.24) is 0 Å². The van der Waals surface area contributed by atoms with Gasteiger partial charge in [0.15, 0.2) is 0 Å². The predicted octanol–water partition coefficient (Wildman–Crippen LogP) is 2.02. The SMILES string of the molecule is CC/N=C(/c1ccc(F)cc1)C(C)O. The lowest BCUT2D eigenvalue weighted by molar-refractivity contribution is 0.262. The summed E-state index contributed by atoms with van der Waals surface area (Å²) < 4.78 is 12.6. The molecule has 1 unspecified atom stereocenters. The van der Waals surface area contributed by atoms with E-state index in [1.807, 2.05) is 6.92 Å². The number of halogens is 1. The number of aliphatic hydroxyl groups is 1. The van der Waals surface area contributed by atoms with Crippen molar-refractivity contribution in [3.8, 4) is 0 Å². The second-order valence-electron chi connectivity index (χ2n) is 3.04. The molecule has 0 saturated carbocycles. The third-order valence-corrected chi connectivity index (χ3v) is 1.86. The van der Waals surface area contributed by atoms with Crippen LogP contribution in [0, 0.1) is 5.82 Å². The fourth-order valence-corrected chi connectivity index (χ4v) is 1.26. The van der Waals surface area contributed by atoms with Crippen molar-refractivity contribution in [3.05, 3.63) is 35.6 Å². The lowest BCUT2D eigenvalue weighted by atomic mass is 10.1. The van der Waals surface area contributed by atoms with Gasteiger partial charge in [0.2, 0.25) is 0 Å². The number of benzene rings is 1. The maximum Gasteiger partial charge on any atom is 0.123 e. The van der Waals surface area contributed by atoms with Crippen LogP contribution in [-0.4, -0.2) is 23.5 Å². The fraction of sp³-hybridized carbons (Fsp3) is 0.364. The Hall–Kier alpha value is -1.22. The zero-order valence-corrected chi connectivity index (χ0v) is 8.37. The number of aliphatic hydroxyl groups excluding tert-OH is 1. The summed E-state index contributed by atoms with van der Waals surface area (Å²) in [5.41, 5.74) is 1.37. The molecule has 1 N–H and O–H groups in total. The topological polar surface area (TPSA) is 32.6 Å². The summed E-state index contributed by atoms with van der Waals surface area (Å²) >= 11 is 0. The zero-order valence-electron chi connectivity index (χ0n) is 8.37. The Morgan fingerprint density at radius 1 is 1.43 bits per heavy atom. The van der Waals surface area contributed by atoms with Crippen molar-refractivity contribution in [3.63, 3.8) is 0 Å². The molecule has 1 atom stereocenters. The van der Waals surface area contributed by atoms with Gasteiger partial charge in [0.05, 0.1) is 11.8 Å². The van der Waals surface area contributed by atoms with Crippen LogP contribution in [0.3, 0.4) is 0 Å². The van der Waals surface area contributed by atoms with Gasteiger partial charge in [-0.1, -0.05) is 12.1 Å². The number of hydrogen-bond donors (Lipinski definition) is 1. The minimum Gasteiger partial charge on any atom is -0.387 e. The standard InChI is InChI=1S/C11H14FNO/c1-3-13-11(8(2)14)9-4-6-10(12)7-5-9/h4-8,14H,3H2,1-2H3/b13-11+. The molecule has 0 fully saturated rings. The summed E-state index contributed by atoms with van der Waals surface area (Å²) in [6.45, 7) is 4.15. The summed E-state index contributed by atoms with van der Waals surface area (Å²) in [6.07, 6.45) is -0.625. The van der Waals surface area contributed by atoms with E-state index >= 15 is 0 Å². The molecule has 0 aliphatic rings. The van der Waals surface area contributed by atoms with E-state index in [1.165, 1.54) is 12.1 Å². The maximum atomic E-state index is 12.6. The Bertz CT molecular complexity index is 317. The van der Waals surface area contributed by atoms with Gasteiger partial charge in [-0.3, -0.25) is 4.99 Å². The van der Waals surface area contributed by atoms with Gasteiger partial charge in [-0.15, -0.1) is 0 Å². The molecule has 0 aliphatic heterocycles. The summed E-state index contributed by atoms with van der Waals surface area (Å²) in [7, 11) is 0. The van der Waals surface area contributed by atoms with Crippen molar-refractivity contribution >= 4 is 5.71 Å². The first-order chi connectivity index (χ1) is 6.65. The average Bonchev–Trinajstić information content (AvgIpc) is 2.15. The Morgan fingerprint density at radius 3 is 2.43 bits per heavy atom. The average molecular weight is 195 g/mol. The Balaban J connectivity index is 3.00. The summed E-state index contributed by atoms with van der Waals surface area (Å²) in [5.74, 6) is -0.282. The third kappa shape index (κ3) is 2.64. The maximum absolute atomic E-state index is 12.6. The van der Waals surface area contributed by atoms with Gasteiger partial charge in [0.25, 0.3) is 0 Å². The molecular formula is C11H14FNO. The first-order valence-electron chi connectivity index (χ1n) is 4.63. The van der Waals surface area contributed by atoms with Crippen LogP contribution in [0.1, 0.15) is 19.4 Å². The van der Waals surface area contributed by atoms with Gasteiger partial charge in [0, 0.05) is 6.54 Å². The highest BCUT2D eigenvalue weighted by Crippen LogP contribution is 2.07. The van der Waals surface area contributed by atoms with Crippen LogP contribution < -0.4 is 0 Å². The van der Waals surface area contributed by atoms with Gasteiger partial charge in [-0.25, -0.2) is 4.39 Å². The van der Waals surface area contributed by atoms with Gasteiger partial charge in [-0.2, -0.15) is 0 Å². The highest BCUT2D eigenvalue weighted by Gasteiger charge is 2.08. The summed E-state index contributed by atoms with van der Waals surface area (Å²) in [6, 6.07) is 5.97. The van der Waals surface area contributed by atoms with Crippen molar-refractivity contribution < 1.29 is 9.50 Å². The smallest absolute Gasteiger partial charge is 0.123 e. The van der Waals surface area contributed by atoms with Crippen molar-refractivity contribution in [1.29, 1.82) is 0 Å². The highest BCUT2D eigenvalue weighted by molar-refractivity contribution is 6.03. The molecule has 0 aliphatic carbocycles. The molecule has 76 valence electrons. The first kappa shape index (κ1) is 10.9. The van der Waals surface area contributed by atoms with Crippen LogP contribution in [-0.2, 0) is 0 Å². The molecule has 1 aromatic rings. The van der Waals surface area contributed by atoms with Crippen LogP contribution in [0.25, 0.3) is 0 Å². The zero-order chi connectivity index (χ0) is 10.6. The molecule has 2 nitrogen and oxygen atoms in total. The molecule has 0 heterocycles. The van der Waals surface area contributed by atoms with E-state index in [4.69, 9.17) is 0 Å². The lowest BCUT2D eigenvalue weighted by Crippen LogP contribution is -2.18. The van der Waals surface area contributed by atoms with E-state index in [1.54, 1.807) is 19.1 Å². The van der Waals surface area contributed by atoms with E-state index in [0.29, 0.717) is 12.3 Å². The normalized spacial score (nSPS) is 14.1. The van der Waals surface area contributed by atoms with E-state index in [0.717, 1.165) is 5.56 Å². The second-order valence-corrected chi connectivity index (χ2v) is 3.04. The number of rotatable bonds is 3. The Morgan fingerprint density at radius 2 is 2.00 bits per heavy atom. The fourth-order valence-electron chi connectivity index (χ4n) is 1.26. The highest BCUT2D eigenvalue weighted by atomic mass is 19.1. The van der Waals surface area contributed by atoms with Crippen molar-refractivity contribution in [2.45, 2.75) is 20.0 Å². The molecular weight excluding hydrogens is 181 g/mol. The van der Waals surface area contributed by atoms with Crippen LogP contribution in [0.5, 0.6) is 0 Å².